The lowest BCUT2D eigenvalue weighted by Gasteiger charge is -2.12. The molecular weight excluding hydrogens is 361 g/mol. The van der Waals surface area contributed by atoms with Crippen molar-refractivity contribution in [2.75, 3.05) is 5.32 Å². The molecule has 2 aromatic rings. The van der Waals surface area contributed by atoms with Gasteiger partial charge in [-0.2, -0.15) is 13.2 Å². The van der Waals surface area contributed by atoms with Crippen molar-refractivity contribution in [2.45, 2.75) is 25.0 Å². The van der Waals surface area contributed by atoms with Crippen molar-refractivity contribution in [3.05, 3.63) is 70.1 Å². The van der Waals surface area contributed by atoms with E-state index in [0.717, 1.165) is 24.2 Å². The normalized spacial score (nSPS) is 18.8. The number of halogens is 3. The Balaban J connectivity index is 1.72. The molecule has 0 unspecified atom stereocenters. The van der Waals surface area contributed by atoms with Crippen LogP contribution in [0.25, 0.3) is 6.08 Å². The van der Waals surface area contributed by atoms with Gasteiger partial charge in [0, 0.05) is 5.69 Å². The van der Waals surface area contributed by atoms with Gasteiger partial charge in [-0.3, -0.25) is 4.79 Å². The molecule has 0 saturated carbocycles. The van der Waals surface area contributed by atoms with E-state index >= 15 is 0 Å². The number of carbonyl (C=O) groups excluding carboxylic acids is 1. The Morgan fingerprint density at radius 3 is 2.58 bits per heavy atom. The number of aryl methyl sites for hydroxylation is 1. The molecule has 1 heterocycles. The Morgan fingerprint density at radius 1 is 1.19 bits per heavy atom. The summed E-state index contributed by atoms with van der Waals surface area (Å²) in [6, 6.07) is 12.8. The topological polar surface area (TPSA) is 41.1 Å². The number of amides is 1. The van der Waals surface area contributed by atoms with Crippen LogP contribution in [0.1, 0.15) is 23.6 Å². The number of rotatable bonds is 4. The van der Waals surface area contributed by atoms with Gasteiger partial charge in [0.25, 0.3) is 5.91 Å². The highest BCUT2D eigenvalue weighted by Crippen LogP contribution is 2.33. The summed E-state index contributed by atoms with van der Waals surface area (Å²) in [7, 11) is 0. The summed E-state index contributed by atoms with van der Waals surface area (Å²) in [6.45, 7) is 2.07. The van der Waals surface area contributed by atoms with E-state index in [-0.39, 0.29) is 11.4 Å². The molecule has 1 saturated heterocycles. The maximum absolute atomic E-state index is 12.8. The standard InChI is InChI=1S/C19H17F3N2OS/c1-2-12-6-8-15(9-7-12)23-18-24-17(25)16(26-18)11-13-4-3-5-14(10-13)19(20,21)22/h3-11,18,23H,2H2,1H3,(H,24,25)/b16-11-/t18-/m0/s1. The molecule has 1 aliphatic heterocycles. The minimum Gasteiger partial charge on any atom is -0.357 e. The van der Waals surface area contributed by atoms with Crippen molar-refractivity contribution in [3.63, 3.8) is 0 Å². The molecule has 26 heavy (non-hydrogen) atoms. The first-order valence-electron chi connectivity index (χ1n) is 8.07. The van der Waals surface area contributed by atoms with E-state index in [4.69, 9.17) is 0 Å². The van der Waals surface area contributed by atoms with Crippen LogP contribution in [0, 0.1) is 0 Å². The lowest BCUT2D eigenvalue weighted by Crippen LogP contribution is -2.30. The van der Waals surface area contributed by atoms with E-state index in [0.29, 0.717) is 10.5 Å². The zero-order valence-electron chi connectivity index (χ0n) is 13.9. The number of thioether (sulfide) groups is 1. The Morgan fingerprint density at radius 2 is 1.92 bits per heavy atom. The van der Waals surface area contributed by atoms with Crippen LogP contribution < -0.4 is 10.6 Å². The van der Waals surface area contributed by atoms with Gasteiger partial charge in [0.15, 0.2) is 5.50 Å². The second-order valence-electron chi connectivity index (χ2n) is 5.80. The van der Waals surface area contributed by atoms with Crippen molar-refractivity contribution in [3.8, 4) is 0 Å². The van der Waals surface area contributed by atoms with E-state index < -0.39 is 11.7 Å². The fourth-order valence-corrected chi connectivity index (χ4v) is 3.49. The van der Waals surface area contributed by atoms with Gasteiger partial charge in [0.05, 0.1) is 10.5 Å². The molecule has 0 spiro atoms. The molecule has 0 aliphatic carbocycles. The quantitative estimate of drug-likeness (QED) is 0.746. The van der Waals surface area contributed by atoms with Gasteiger partial charge < -0.3 is 10.6 Å². The molecule has 0 bridgehead atoms. The number of carbonyl (C=O) groups is 1. The van der Waals surface area contributed by atoms with Crippen LogP contribution >= 0.6 is 11.8 Å². The van der Waals surface area contributed by atoms with Crippen molar-refractivity contribution in [1.29, 1.82) is 0 Å². The van der Waals surface area contributed by atoms with E-state index in [1.165, 1.54) is 29.5 Å². The van der Waals surface area contributed by atoms with Crippen molar-refractivity contribution >= 4 is 29.4 Å². The number of alkyl halides is 3. The predicted molar refractivity (Wildman–Crippen MR) is 98.4 cm³/mol. The van der Waals surface area contributed by atoms with E-state index in [9.17, 15) is 18.0 Å². The molecule has 2 N–H and O–H groups in total. The fraction of sp³-hybridized carbons (Fsp3) is 0.211. The van der Waals surface area contributed by atoms with Crippen molar-refractivity contribution < 1.29 is 18.0 Å². The first-order chi connectivity index (χ1) is 12.3. The third kappa shape index (κ3) is 4.40. The fourth-order valence-electron chi connectivity index (χ4n) is 2.51. The summed E-state index contributed by atoms with van der Waals surface area (Å²) in [5, 5.41) is 5.95. The Bertz CT molecular complexity index is 831. The average molecular weight is 378 g/mol. The highest BCUT2D eigenvalue weighted by molar-refractivity contribution is 8.05. The number of benzene rings is 2. The number of hydrogen-bond donors (Lipinski definition) is 2. The molecule has 1 amide bonds. The number of hydrogen-bond acceptors (Lipinski definition) is 3. The summed E-state index contributed by atoms with van der Waals surface area (Å²) in [5.41, 5.74) is 1.31. The minimum absolute atomic E-state index is 0.310. The predicted octanol–water partition coefficient (Wildman–Crippen LogP) is 4.87. The molecule has 7 heteroatoms. The Labute approximate surface area is 153 Å². The van der Waals surface area contributed by atoms with Gasteiger partial charge in [-0.1, -0.05) is 43.0 Å². The highest BCUT2D eigenvalue weighted by Gasteiger charge is 2.31. The molecule has 1 aliphatic rings. The zero-order valence-corrected chi connectivity index (χ0v) is 14.7. The molecular formula is C19H17F3N2OS. The Hall–Kier alpha value is -2.41. The van der Waals surface area contributed by atoms with Gasteiger partial charge >= 0.3 is 6.18 Å². The van der Waals surface area contributed by atoms with E-state index in [1.807, 2.05) is 24.3 Å². The molecule has 1 fully saturated rings. The largest absolute Gasteiger partial charge is 0.416 e. The van der Waals surface area contributed by atoms with Gasteiger partial charge in [-0.25, -0.2) is 0 Å². The van der Waals surface area contributed by atoms with Crippen molar-refractivity contribution in [2.24, 2.45) is 0 Å². The average Bonchev–Trinajstić information content (AvgIpc) is 2.94. The van der Waals surface area contributed by atoms with Gasteiger partial charge in [0.1, 0.15) is 0 Å². The maximum Gasteiger partial charge on any atom is 0.416 e. The third-order valence-electron chi connectivity index (χ3n) is 3.90. The molecule has 2 aromatic carbocycles. The molecule has 3 nitrogen and oxygen atoms in total. The summed E-state index contributed by atoms with van der Waals surface area (Å²) >= 11 is 1.24. The van der Waals surface area contributed by atoms with Gasteiger partial charge in [-0.15, -0.1) is 0 Å². The lowest BCUT2D eigenvalue weighted by atomic mass is 10.1. The second kappa shape index (κ2) is 7.45. The Kier molecular flexibility index (Phi) is 5.27. The number of anilines is 1. The van der Waals surface area contributed by atoms with Gasteiger partial charge in [-0.05, 0) is 47.9 Å². The van der Waals surface area contributed by atoms with Crippen LogP contribution in [-0.2, 0) is 17.4 Å². The van der Waals surface area contributed by atoms with E-state index in [1.54, 1.807) is 6.07 Å². The molecule has 3 rings (SSSR count). The zero-order chi connectivity index (χ0) is 18.7. The second-order valence-corrected chi connectivity index (χ2v) is 6.94. The SMILES string of the molecule is CCc1ccc(N[C@H]2NC(=O)/C(=C/c3cccc(C(F)(F)F)c3)S2)cc1. The molecule has 136 valence electrons. The molecule has 0 radical (unpaired) electrons. The summed E-state index contributed by atoms with van der Waals surface area (Å²) in [5.74, 6) is -0.310. The summed E-state index contributed by atoms with van der Waals surface area (Å²) in [4.78, 5) is 12.5. The van der Waals surface area contributed by atoms with Crippen LogP contribution in [0.3, 0.4) is 0 Å². The van der Waals surface area contributed by atoms with Crippen LogP contribution in [0.2, 0.25) is 0 Å². The maximum atomic E-state index is 12.8. The van der Waals surface area contributed by atoms with Gasteiger partial charge in [0.2, 0.25) is 0 Å². The highest BCUT2D eigenvalue weighted by atomic mass is 32.2. The van der Waals surface area contributed by atoms with Crippen molar-refractivity contribution in [1.82, 2.24) is 5.32 Å². The third-order valence-corrected chi connectivity index (χ3v) is 4.93. The summed E-state index contributed by atoms with van der Waals surface area (Å²) in [6.07, 6.45) is -2.00. The monoisotopic (exact) mass is 378 g/mol. The van der Waals surface area contributed by atoms with Crippen LogP contribution in [0.5, 0.6) is 0 Å². The lowest BCUT2D eigenvalue weighted by molar-refractivity contribution is -0.137. The summed E-state index contributed by atoms with van der Waals surface area (Å²) < 4.78 is 38.4. The van der Waals surface area contributed by atoms with Crippen LogP contribution in [0.15, 0.2) is 53.4 Å². The van der Waals surface area contributed by atoms with Crippen LogP contribution in [-0.4, -0.2) is 11.4 Å². The molecule has 0 aromatic heterocycles. The number of nitrogens with one attached hydrogen (secondary N) is 2. The smallest absolute Gasteiger partial charge is 0.357 e. The first-order valence-corrected chi connectivity index (χ1v) is 8.95. The minimum atomic E-state index is -4.41. The first kappa shape index (κ1) is 18.4. The van der Waals surface area contributed by atoms with E-state index in [2.05, 4.69) is 17.6 Å². The molecule has 1 atom stereocenters. The van der Waals surface area contributed by atoms with Crippen LogP contribution in [0.4, 0.5) is 18.9 Å².